The molecular formula is C14H23NO. The molecule has 1 aliphatic heterocycles. The van der Waals surface area contributed by atoms with Crippen LogP contribution in [-0.4, -0.2) is 23.9 Å². The van der Waals surface area contributed by atoms with E-state index in [0.29, 0.717) is 24.2 Å². The lowest BCUT2D eigenvalue weighted by atomic mass is 9.89. The van der Waals surface area contributed by atoms with Gasteiger partial charge in [0.25, 0.3) is 0 Å². The van der Waals surface area contributed by atoms with E-state index in [-0.39, 0.29) is 0 Å². The van der Waals surface area contributed by atoms with Gasteiger partial charge in [0.2, 0.25) is 5.91 Å². The minimum absolute atomic E-state index is 0.310. The first-order valence-corrected chi connectivity index (χ1v) is 6.14. The molecule has 0 bridgehead atoms. The average Bonchev–Trinajstić information content (AvgIpc) is 2.23. The van der Waals surface area contributed by atoms with Gasteiger partial charge in [-0.2, -0.15) is 0 Å². The fraction of sp³-hybridized carbons (Fsp3) is 0.643. The molecule has 16 heavy (non-hydrogen) atoms. The third-order valence-corrected chi connectivity index (χ3v) is 3.13. The van der Waals surface area contributed by atoms with Gasteiger partial charge in [0, 0.05) is 25.4 Å². The molecule has 0 N–H and O–H groups in total. The number of nitrogens with zero attached hydrogens (tertiary/aromatic N) is 1. The predicted molar refractivity (Wildman–Crippen MR) is 68.1 cm³/mol. The van der Waals surface area contributed by atoms with Crippen LogP contribution in [0.2, 0.25) is 0 Å². The highest BCUT2D eigenvalue weighted by Crippen LogP contribution is 2.25. The summed E-state index contributed by atoms with van der Waals surface area (Å²) in [6.45, 7) is 11.9. The second-order valence-electron chi connectivity index (χ2n) is 4.92. The Morgan fingerprint density at radius 3 is 2.81 bits per heavy atom. The molecule has 2 heteroatoms. The summed E-state index contributed by atoms with van der Waals surface area (Å²) >= 11 is 0. The first kappa shape index (κ1) is 13.0. The molecule has 90 valence electrons. The number of carbonyl (C=O) groups excluding carboxylic acids is 1. The Balaban J connectivity index is 2.66. The number of amides is 1. The number of rotatable bonds is 4. The summed E-state index contributed by atoms with van der Waals surface area (Å²) in [6.07, 6.45) is 5.69. The van der Waals surface area contributed by atoms with Gasteiger partial charge in [0.15, 0.2) is 0 Å². The van der Waals surface area contributed by atoms with Crippen LogP contribution in [0.1, 0.15) is 33.6 Å². The van der Waals surface area contributed by atoms with Crippen LogP contribution in [0.15, 0.2) is 24.3 Å². The van der Waals surface area contributed by atoms with Crippen LogP contribution in [0.4, 0.5) is 0 Å². The summed E-state index contributed by atoms with van der Waals surface area (Å²) in [4.78, 5) is 13.8. The molecule has 2 nitrogen and oxygen atoms in total. The van der Waals surface area contributed by atoms with Crippen molar-refractivity contribution in [3.8, 4) is 0 Å². The molecule has 1 saturated heterocycles. The topological polar surface area (TPSA) is 20.3 Å². The minimum atomic E-state index is 0.310. The van der Waals surface area contributed by atoms with E-state index in [9.17, 15) is 4.79 Å². The number of allylic oxidation sites excluding steroid dienone is 2. The lowest BCUT2D eigenvalue weighted by molar-refractivity contribution is -0.134. The van der Waals surface area contributed by atoms with Crippen LogP contribution in [0.25, 0.3) is 0 Å². The lowest BCUT2D eigenvalue weighted by Crippen LogP contribution is -2.42. The molecule has 1 atom stereocenters. The van der Waals surface area contributed by atoms with Crippen molar-refractivity contribution in [3.63, 3.8) is 0 Å². The summed E-state index contributed by atoms with van der Waals surface area (Å²) in [7, 11) is 0. The van der Waals surface area contributed by atoms with E-state index in [1.165, 1.54) is 5.57 Å². The van der Waals surface area contributed by atoms with Crippen LogP contribution in [0, 0.1) is 11.8 Å². The zero-order chi connectivity index (χ0) is 12.1. The molecule has 0 aromatic heterocycles. The Bertz CT molecular complexity index is 291. The Kier molecular flexibility index (Phi) is 4.78. The maximum absolute atomic E-state index is 11.8. The maximum Gasteiger partial charge on any atom is 0.222 e. The third-order valence-electron chi connectivity index (χ3n) is 3.13. The zero-order valence-corrected chi connectivity index (χ0v) is 10.7. The van der Waals surface area contributed by atoms with Crippen LogP contribution >= 0.6 is 0 Å². The molecule has 0 radical (unpaired) electrons. The number of hydrogen-bond acceptors (Lipinski definition) is 1. The van der Waals surface area contributed by atoms with Crippen molar-refractivity contribution in [1.82, 2.24) is 4.90 Å². The van der Waals surface area contributed by atoms with E-state index < -0.39 is 0 Å². The number of carbonyl (C=O) groups is 1. The molecule has 0 saturated carbocycles. The van der Waals surface area contributed by atoms with Crippen LogP contribution in [-0.2, 0) is 4.79 Å². The van der Waals surface area contributed by atoms with Crippen molar-refractivity contribution in [2.45, 2.75) is 33.6 Å². The van der Waals surface area contributed by atoms with Crippen molar-refractivity contribution in [2.24, 2.45) is 11.8 Å². The third kappa shape index (κ3) is 3.22. The zero-order valence-electron chi connectivity index (χ0n) is 10.7. The van der Waals surface area contributed by atoms with Crippen LogP contribution in [0.3, 0.4) is 0 Å². The highest BCUT2D eigenvalue weighted by molar-refractivity contribution is 5.77. The van der Waals surface area contributed by atoms with E-state index in [4.69, 9.17) is 0 Å². The summed E-state index contributed by atoms with van der Waals surface area (Å²) in [5.41, 5.74) is 1.28. The summed E-state index contributed by atoms with van der Waals surface area (Å²) in [6, 6.07) is 0. The summed E-state index contributed by atoms with van der Waals surface area (Å²) in [5, 5.41) is 0. The molecule has 1 amide bonds. The van der Waals surface area contributed by atoms with Gasteiger partial charge in [0.1, 0.15) is 0 Å². The SMILES string of the molecule is C=C/C(=C\C)C1CCC(=O)N(CC(C)C)C1. The standard InChI is InChI=1S/C14H23NO/c1-5-12(6-2)13-7-8-14(16)15(10-13)9-11(3)4/h5-6,11,13H,1,7-10H2,2-4H3/b12-6+. The van der Waals surface area contributed by atoms with Crippen molar-refractivity contribution >= 4 is 5.91 Å². The molecule has 1 aliphatic rings. The molecule has 1 fully saturated rings. The second kappa shape index (κ2) is 5.88. The molecule has 0 spiro atoms. The molecule has 1 rings (SSSR count). The van der Waals surface area contributed by atoms with Gasteiger partial charge >= 0.3 is 0 Å². The summed E-state index contributed by atoms with van der Waals surface area (Å²) < 4.78 is 0. The fourth-order valence-corrected chi connectivity index (χ4v) is 2.32. The Morgan fingerprint density at radius 2 is 2.31 bits per heavy atom. The Hall–Kier alpha value is -1.05. The molecule has 1 heterocycles. The largest absolute Gasteiger partial charge is 0.342 e. The van der Waals surface area contributed by atoms with E-state index in [1.54, 1.807) is 0 Å². The molecule has 1 unspecified atom stereocenters. The van der Waals surface area contributed by atoms with Crippen molar-refractivity contribution in [1.29, 1.82) is 0 Å². The van der Waals surface area contributed by atoms with E-state index in [2.05, 4.69) is 26.5 Å². The van der Waals surface area contributed by atoms with Gasteiger partial charge in [-0.1, -0.05) is 32.6 Å². The number of hydrogen-bond donors (Lipinski definition) is 0. The molecule has 0 aromatic rings. The monoisotopic (exact) mass is 221 g/mol. The molecule has 0 aliphatic carbocycles. The van der Waals surface area contributed by atoms with E-state index >= 15 is 0 Å². The lowest BCUT2D eigenvalue weighted by Gasteiger charge is -2.34. The highest BCUT2D eigenvalue weighted by Gasteiger charge is 2.26. The van der Waals surface area contributed by atoms with Crippen LogP contribution < -0.4 is 0 Å². The van der Waals surface area contributed by atoms with E-state index in [1.807, 2.05) is 17.9 Å². The van der Waals surface area contributed by atoms with Gasteiger partial charge in [0.05, 0.1) is 0 Å². The summed E-state index contributed by atoms with van der Waals surface area (Å²) in [5.74, 6) is 1.34. The molecular weight excluding hydrogens is 198 g/mol. The first-order chi connectivity index (χ1) is 7.58. The van der Waals surface area contributed by atoms with Crippen molar-refractivity contribution in [3.05, 3.63) is 24.3 Å². The quantitative estimate of drug-likeness (QED) is 0.668. The highest BCUT2D eigenvalue weighted by atomic mass is 16.2. The van der Waals surface area contributed by atoms with Crippen molar-refractivity contribution < 1.29 is 4.79 Å². The smallest absolute Gasteiger partial charge is 0.222 e. The normalized spacial score (nSPS) is 22.8. The second-order valence-corrected chi connectivity index (χ2v) is 4.92. The minimum Gasteiger partial charge on any atom is -0.342 e. The number of piperidine rings is 1. The fourth-order valence-electron chi connectivity index (χ4n) is 2.32. The van der Waals surface area contributed by atoms with Gasteiger partial charge in [-0.05, 0) is 24.8 Å². The van der Waals surface area contributed by atoms with E-state index in [0.717, 1.165) is 19.5 Å². The number of likely N-dealkylation sites (tertiary alicyclic amines) is 1. The predicted octanol–water partition coefficient (Wildman–Crippen LogP) is 3.01. The van der Waals surface area contributed by atoms with Crippen molar-refractivity contribution in [2.75, 3.05) is 13.1 Å². The average molecular weight is 221 g/mol. The van der Waals surface area contributed by atoms with Gasteiger partial charge < -0.3 is 4.90 Å². The van der Waals surface area contributed by atoms with Crippen LogP contribution in [0.5, 0.6) is 0 Å². The Labute approximate surface area is 99.0 Å². The van der Waals surface area contributed by atoms with Gasteiger partial charge in [-0.3, -0.25) is 4.79 Å². The van der Waals surface area contributed by atoms with Gasteiger partial charge in [-0.15, -0.1) is 0 Å². The van der Waals surface area contributed by atoms with Gasteiger partial charge in [-0.25, -0.2) is 0 Å². The maximum atomic E-state index is 11.8. The first-order valence-electron chi connectivity index (χ1n) is 6.14. The molecule has 0 aromatic carbocycles. The Morgan fingerprint density at radius 1 is 1.62 bits per heavy atom.